The number of nitrogens with zero attached hydrogens (tertiary/aromatic N) is 2. The lowest BCUT2D eigenvalue weighted by atomic mass is 10.0. The normalized spacial score (nSPS) is 11.9. The van der Waals surface area contributed by atoms with E-state index in [2.05, 4.69) is 0 Å². The number of hydrogen-bond acceptors (Lipinski definition) is 5. The Balaban J connectivity index is 2.05. The Kier molecular flexibility index (Phi) is 7.39. The van der Waals surface area contributed by atoms with Crippen LogP contribution >= 0.6 is 0 Å². The summed E-state index contributed by atoms with van der Waals surface area (Å²) in [6, 6.07) is 15.0. The Bertz CT molecular complexity index is 978. The van der Waals surface area contributed by atoms with Gasteiger partial charge in [0.15, 0.2) is 6.61 Å². The molecule has 2 aromatic rings. The molecule has 0 aliphatic rings. The van der Waals surface area contributed by atoms with Crippen LogP contribution in [0.25, 0.3) is 0 Å². The second-order valence-electron chi connectivity index (χ2n) is 8.02. The SMILES string of the molecule is CN(C)S(=O)(=O)c1ccc(C(=O)OCC(=O)N(Cc2ccccc2)C(C)(C)C)cc1. The summed E-state index contributed by atoms with van der Waals surface area (Å²) in [6.45, 7) is 5.75. The van der Waals surface area contributed by atoms with Gasteiger partial charge in [0.2, 0.25) is 10.0 Å². The predicted octanol–water partition coefficient (Wildman–Crippen LogP) is 2.92. The highest BCUT2D eigenvalue weighted by molar-refractivity contribution is 7.89. The first-order chi connectivity index (χ1) is 13.9. The number of carbonyl (C=O) groups is 2. The lowest BCUT2D eigenvalue weighted by molar-refractivity contribution is -0.140. The van der Waals surface area contributed by atoms with Gasteiger partial charge in [-0.2, -0.15) is 0 Å². The predicted molar refractivity (Wildman–Crippen MR) is 114 cm³/mol. The van der Waals surface area contributed by atoms with Gasteiger partial charge < -0.3 is 9.64 Å². The van der Waals surface area contributed by atoms with Crippen LogP contribution in [-0.2, 0) is 26.1 Å². The zero-order chi connectivity index (χ0) is 22.5. The summed E-state index contributed by atoms with van der Waals surface area (Å²) in [5.74, 6) is -1.00. The van der Waals surface area contributed by atoms with Crippen LogP contribution in [0.4, 0.5) is 0 Å². The molecule has 0 saturated heterocycles. The standard InChI is InChI=1S/C22H28N2O5S/c1-22(2,3)24(15-17-9-7-6-8-10-17)20(25)16-29-21(26)18-11-13-19(14-12-18)30(27,28)23(4)5/h6-14H,15-16H2,1-5H3. The molecule has 0 saturated carbocycles. The number of esters is 1. The van der Waals surface area contributed by atoms with Crippen molar-refractivity contribution >= 4 is 21.9 Å². The van der Waals surface area contributed by atoms with Crippen molar-refractivity contribution in [1.29, 1.82) is 0 Å². The van der Waals surface area contributed by atoms with Gasteiger partial charge >= 0.3 is 5.97 Å². The fraction of sp³-hybridized carbons (Fsp3) is 0.364. The van der Waals surface area contributed by atoms with Crippen LogP contribution < -0.4 is 0 Å². The molecule has 30 heavy (non-hydrogen) atoms. The summed E-state index contributed by atoms with van der Waals surface area (Å²) in [5, 5.41) is 0. The molecular formula is C22H28N2O5S. The number of hydrogen-bond donors (Lipinski definition) is 0. The summed E-state index contributed by atoms with van der Waals surface area (Å²) >= 11 is 0. The Morgan fingerprint density at radius 1 is 0.933 bits per heavy atom. The molecule has 0 aliphatic heterocycles. The lowest BCUT2D eigenvalue weighted by Gasteiger charge is -2.35. The van der Waals surface area contributed by atoms with Gasteiger partial charge in [0.25, 0.3) is 5.91 Å². The van der Waals surface area contributed by atoms with Crippen LogP contribution in [0.3, 0.4) is 0 Å². The van der Waals surface area contributed by atoms with Crippen LogP contribution in [0.2, 0.25) is 0 Å². The summed E-state index contributed by atoms with van der Waals surface area (Å²) in [6.07, 6.45) is 0. The zero-order valence-corrected chi connectivity index (χ0v) is 18.8. The van der Waals surface area contributed by atoms with Crippen LogP contribution in [0, 0.1) is 0 Å². The van der Waals surface area contributed by atoms with Crippen LogP contribution in [0.15, 0.2) is 59.5 Å². The van der Waals surface area contributed by atoms with E-state index >= 15 is 0 Å². The molecule has 7 nitrogen and oxygen atoms in total. The van der Waals surface area contributed by atoms with E-state index in [-0.39, 0.29) is 16.4 Å². The number of sulfonamides is 1. The highest BCUT2D eigenvalue weighted by atomic mass is 32.2. The van der Waals surface area contributed by atoms with Crippen molar-refractivity contribution in [2.24, 2.45) is 0 Å². The number of rotatable bonds is 7. The first kappa shape index (κ1) is 23.6. The topological polar surface area (TPSA) is 84.0 Å². The highest BCUT2D eigenvalue weighted by Gasteiger charge is 2.27. The highest BCUT2D eigenvalue weighted by Crippen LogP contribution is 2.18. The smallest absolute Gasteiger partial charge is 0.338 e. The van der Waals surface area contributed by atoms with E-state index < -0.39 is 28.1 Å². The van der Waals surface area contributed by atoms with Gasteiger partial charge in [0, 0.05) is 26.2 Å². The fourth-order valence-corrected chi connectivity index (χ4v) is 3.63. The van der Waals surface area contributed by atoms with Gasteiger partial charge in [-0.25, -0.2) is 17.5 Å². The molecule has 0 bridgehead atoms. The second kappa shape index (κ2) is 9.40. The van der Waals surface area contributed by atoms with E-state index in [4.69, 9.17) is 4.74 Å². The minimum Gasteiger partial charge on any atom is -0.452 e. The zero-order valence-electron chi connectivity index (χ0n) is 18.0. The van der Waals surface area contributed by atoms with Crippen molar-refractivity contribution in [2.75, 3.05) is 20.7 Å². The average molecular weight is 433 g/mol. The number of ether oxygens (including phenoxy) is 1. The molecule has 0 heterocycles. The minimum atomic E-state index is -3.58. The Labute approximate surface area is 178 Å². The van der Waals surface area contributed by atoms with Gasteiger partial charge in [-0.1, -0.05) is 30.3 Å². The van der Waals surface area contributed by atoms with Gasteiger partial charge in [-0.15, -0.1) is 0 Å². The summed E-state index contributed by atoms with van der Waals surface area (Å²) in [4.78, 5) is 26.8. The maximum atomic E-state index is 12.8. The van der Waals surface area contributed by atoms with Crippen molar-refractivity contribution in [2.45, 2.75) is 37.8 Å². The van der Waals surface area contributed by atoms with Gasteiger partial charge in [0.05, 0.1) is 10.5 Å². The van der Waals surface area contributed by atoms with Crippen molar-refractivity contribution in [3.05, 3.63) is 65.7 Å². The molecule has 0 aliphatic carbocycles. The van der Waals surface area contributed by atoms with Crippen molar-refractivity contribution in [1.82, 2.24) is 9.21 Å². The van der Waals surface area contributed by atoms with Crippen LogP contribution in [0.1, 0.15) is 36.7 Å². The molecular weight excluding hydrogens is 404 g/mol. The van der Waals surface area contributed by atoms with E-state index in [0.29, 0.717) is 6.54 Å². The van der Waals surface area contributed by atoms with Crippen LogP contribution in [-0.4, -0.2) is 55.7 Å². The molecule has 0 atom stereocenters. The maximum absolute atomic E-state index is 12.8. The minimum absolute atomic E-state index is 0.0712. The summed E-state index contributed by atoms with van der Waals surface area (Å²) < 4.78 is 30.5. The van der Waals surface area contributed by atoms with E-state index in [0.717, 1.165) is 9.87 Å². The third-order valence-electron chi connectivity index (χ3n) is 4.49. The Morgan fingerprint density at radius 2 is 1.50 bits per heavy atom. The average Bonchev–Trinajstić information content (AvgIpc) is 2.70. The van der Waals surface area contributed by atoms with E-state index in [1.54, 1.807) is 4.90 Å². The van der Waals surface area contributed by atoms with E-state index in [1.807, 2.05) is 51.1 Å². The fourth-order valence-electron chi connectivity index (χ4n) is 2.73. The molecule has 0 spiro atoms. The van der Waals surface area contributed by atoms with Gasteiger partial charge in [0.1, 0.15) is 0 Å². The molecule has 0 unspecified atom stereocenters. The molecule has 8 heteroatoms. The van der Waals surface area contributed by atoms with Gasteiger partial charge in [-0.3, -0.25) is 4.79 Å². The van der Waals surface area contributed by atoms with Crippen molar-refractivity contribution in [3.63, 3.8) is 0 Å². The number of carbonyl (C=O) groups excluding carboxylic acids is 2. The first-order valence-electron chi connectivity index (χ1n) is 9.47. The molecule has 1 amide bonds. The Morgan fingerprint density at radius 3 is 2.00 bits per heavy atom. The van der Waals surface area contributed by atoms with E-state index in [1.165, 1.54) is 38.4 Å². The maximum Gasteiger partial charge on any atom is 0.338 e. The van der Waals surface area contributed by atoms with Crippen molar-refractivity contribution < 1.29 is 22.7 Å². The molecule has 0 N–H and O–H groups in total. The van der Waals surface area contributed by atoms with E-state index in [9.17, 15) is 18.0 Å². The van der Waals surface area contributed by atoms with Crippen molar-refractivity contribution in [3.8, 4) is 0 Å². The first-order valence-corrected chi connectivity index (χ1v) is 10.9. The Hall–Kier alpha value is -2.71. The summed E-state index contributed by atoms with van der Waals surface area (Å²) in [7, 11) is -0.722. The third kappa shape index (κ3) is 5.90. The monoisotopic (exact) mass is 432 g/mol. The quantitative estimate of drug-likeness (QED) is 0.628. The lowest BCUT2D eigenvalue weighted by Crippen LogP contribution is -2.46. The largest absolute Gasteiger partial charge is 0.452 e. The number of benzene rings is 2. The molecule has 0 radical (unpaired) electrons. The number of amides is 1. The molecule has 2 aromatic carbocycles. The van der Waals surface area contributed by atoms with Crippen LogP contribution in [0.5, 0.6) is 0 Å². The van der Waals surface area contributed by atoms with Gasteiger partial charge in [-0.05, 0) is 50.6 Å². The molecule has 0 aromatic heterocycles. The molecule has 2 rings (SSSR count). The third-order valence-corrected chi connectivity index (χ3v) is 6.32. The molecule has 162 valence electrons. The summed E-state index contributed by atoms with van der Waals surface area (Å²) in [5.41, 5.74) is 0.692. The molecule has 0 fully saturated rings. The second-order valence-corrected chi connectivity index (χ2v) is 10.2.